The molecule has 1 unspecified atom stereocenters. The highest BCUT2D eigenvalue weighted by Crippen LogP contribution is 2.32. The fourth-order valence-electron chi connectivity index (χ4n) is 2.60. The molecule has 100 valence electrons. The van der Waals surface area contributed by atoms with Crippen LogP contribution in [-0.4, -0.2) is 6.04 Å². The van der Waals surface area contributed by atoms with Crippen LogP contribution in [-0.2, 0) is 19.4 Å². The Morgan fingerprint density at radius 3 is 2.74 bits per heavy atom. The first kappa shape index (κ1) is 13.8. The average molecular weight is 401 g/mol. The second kappa shape index (κ2) is 6.08. The Morgan fingerprint density at radius 1 is 1.21 bits per heavy atom. The number of hydrogen-bond donors (Lipinski definition) is 1. The largest absolute Gasteiger partial charge is 0.309 e. The molecule has 1 N–H and O–H groups in total. The summed E-state index contributed by atoms with van der Waals surface area (Å²) >= 11 is 8.88. The molecule has 1 aliphatic rings. The molecule has 2 aromatic rings. The van der Waals surface area contributed by atoms with Gasteiger partial charge in [0.05, 0.1) is 3.79 Å². The van der Waals surface area contributed by atoms with Gasteiger partial charge >= 0.3 is 0 Å². The lowest BCUT2D eigenvalue weighted by molar-refractivity contribution is 0.459. The molecule has 19 heavy (non-hydrogen) atoms. The first-order valence-electron chi connectivity index (χ1n) is 6.46. The summed E-state index contributed by atoms with van der Waals surface area (Å²) in [5.74, 6) is 0. The highest BCUT2D eigenvalue weighted by molar-refractivity contribution is 9.13. The molecule has 3 rings (SSSR count). The zero-order valence-electron chi connectivity index (χ0n) is 10.5. The fourth-order valence-corrected chi connectivity index (χ4v) is 4.72. The number of rotatable bonds is 3. The van der Waals surface area contributed by atoms with E-state index in [1.165, 1.54) is 32.6 Å². The molecular formula is C15H15Br2NS. The third kappa shape index (κ3) is 3.30. The van der Waals surface area contributed by atoms with Gasteiger partial charge in [-0.1, -0.05) is 24.3 Å². The van der Waals surface area contributed by atoms with E-state index in [0.29, 0.717) is 6.04 Å². The van der Waals surface area contributed by atoms with E-state index in [9.17, 15) is 0 Å². The maximum atomic E-state index is 3.69. The van der Waals surface area contributed by atoms with Crippen molar-refractivity contribution in [3.8, 4) is 0 Å². The summed E-state index contributed by atoms with van der Waals surface area (Å²) in [6.07, 6.45) is 3.60. The second-order valence-corrected chi connectivity index (χ2v) is 8.23. The second-order valence-electron chi connectivity index (χ2n) is 4.92. The minimum absolute atomic E-state index is 0.606. The summed E-state index contributed by atoms with van der Waals surface area (Å²) in [4.78, 5) is 1.37. The monoisotopic (exact) mass is 399 g/mol. The number of fused-ring (bicyclic) bond motifs is 1. The Morgan fingerprint density at radius 2 is 2.00 bits per heavy atom. The topological polar surface area (TPSA) is 12.0 Å². The van der Waals surface area contributed by atoms with Crippen LogP contribution in [0.1, 0.15) is 22.4 Å². The molecule has 1 aromatic carbocycles. The van der Waals surface area contributed by atoms with Crippen molar-refractivity contribution in [1.82, 2.24) is 5.32 Å². The van der Waals surface area contributed by atoms with Crippen molar-refractivity contribution < 1.29 is 0 Å². The van der Waals surface area contributed by atoms with Gasteiger partial charge in [-0.2, -0.15) is 0 Å². The molecule has 1 aromatic heterocycles. The SMILES string of the molecule is Brc1cc(CNC2CCc3ccccc3C2)sc1Br. The van der Waals surface area contributed by atoms with Gasteiger partial charge in [0.25, 0.3) is 0 Å². The molecule has 0 bridgehead atoms. The number of thiophene rings is 1. The molecule has 0 saturated heterocycles. The highest BCUT2D eigenvalue weighted by Gasteiger charge is 2.17. The van der Waals surface area contributed by atoms with Crippen LogP contribution in [0.5, 0.6) is 0 Å². The van der Waals surface area contributed by atoms with E-state index in [0.717, 1.165) is 17.4 Å². The van der Waals surface area contributed by atoms with Crippen LogP contribution < -0.4 is 5.32 Å². The van der Waals surface area contributed by atoms with E-state index in [4.69, 9.17) is 0 Å². The van der Waals surface area contributed by atoms with Gasteiger partial charge in [-0.15, -0.1) is 11.3 Å². The lowest BCUT2D eigenvalue weighted by atomic mass is 9.88. The zero-order chi connectivity index (χ0) is 13.2. The van der Waals surface area contributed by atoms with Gasteiger partial charge in [0.15, 0.2) is 0 Å². The molecule has 0 spiro atoms. The Balaban J connectivity index is 1.60. The standard InChI is InChI=1S/C15H15Br2NS/c16-14-8-13(19-15(14)17)9-18-12-6-5-10-3-1-2-4-11(10)7-12/h1-4,8,12,18H,5-7,9H2. The van der Waals surface area contributed by atoms with Crippen LogP contribution in [0.3, 0.4) is 0 Å². The molecule has 0 radical (unpaired) electrons. The van der Waals surface area contributed by atoms with Crippen molar-refractivity contribution in [3.63, 3.8) is 0 Å². The van der Waals surface area contributed by atoms with Gasteiger partial charge in [0, 0.05) is 21.9 Å². The van der Waals surface area contributed by atoms with E-state index in [1.54, 1.807) is 11.3 Å². The number of aryl methyl sites for hydroxylation is 1. The predicted octanol–water partition coefficient (Wildman–Crippen LogP) is 4.92. The first-order valence-corrected chi connectivity index (χ1v) is 8.86. The summed E-state index contributed by atoms with van der Waals surface area (Å²) in [5.41, 5.74) is 3.04. The Kier molecular flexibility index (Phi) is 4.42. The van der Waals surface area contributed by atoms with E-state index in [-0.39, 0.29) is 0 Å². The highest BCUT2D eigenvalue weighted by atomic mass is 79.9. The van der Waals surface area contributed by atoms with Crippen molar-refractivity contribution >= 4 is 43.2 Å². The van der Waals surface area contributed by atoms with Gasteiger partial charge in [-0.25, -0.2) is 0 Å². The summed E-state index contributed by atoms with van der Waals surface area (Å²) < 4.78 is 2.33. The molecule has 1 nitrogen and oxygen atoms in total. The maximum absolute atomic E-state index is 3.69. The molecule has 1 heterocycles. The normalized spacial score (nSPS) is 18.3. The number of hydrogen-bond acceptors (Lipinski definition) is 2. The third-order valence-electron chi connectivity index (χ3n) is 3.61. The Labute approximate surface area is 134 Å². The van der Waals surface area contributed by atoms with Crippen molar-refractivity contribution in [2.24, 2.45) is 0 Å². The van der Waals surface area contributed by atoms with E-state index >= 15 is 0 Å². The quantitative estimate of drug-likeness (QED) is 0.770. The van der Waals surface area contributed by atoms with Crippen molar-refractivity contribution in [2.45, 2.75) is 31.8 Å². The maximum Gasteiger partial charge on any atom is 0.0843 e. The van der Waals surface area contributed by atoms with E-state index in [1.807, 2.05) is 0 Å². The first-order chi connectivity index (χ1) is 9.22. The van der Waals surface area contributed by atoms with Crippen LogP contribution in [0.2, 0.25) is 0 Å². The van der Waals surface area contributed by atoms with Crippen molar-refractivity contribution in [2.75, 3.05) is 0 Å². The Bertz CT molecular complexity index is 560. The average Bonchev–Trinajstić information content (AvgIpc) is 2.75. The van der Waals surface area contributed by atoms with Gasteiger partial charge in [0.1, 0.15) is 0 Å². The van der Waals surface area contributed by atoms with Crippen LogP contribution in [0.4, 0.5) is 0 Å². The number of nitrogens with one attached hydrogen (secondary N) is 1. The fraction of sp³-hybridized carbons (Fsp3) is 0.333. The van der Waals surface area contributed by atoms with Crippen molar-refractivity contribution in [3.05, 3.63) is 54.6 Å². The van der Waals surface area contributed by atoms with Crippen molar-refractivity contribution in [1.29, 1.82) is 0 Å². The molecule has 0 fully saturated rings. The summed E-state index contributed by atoms with van der Waals surface area (Å²) in [5, 5.41) is 3.69. The minimum atomic E-state index is 0.606. The minimum Gasteiger partial charge on any atom is -0.309 e. The number of halogens is 2. The molecular weight excluding hydrogens is 386 g/mol. The molecule has 4 heteroatoms. The number of benzene rings is 1. The van der Waals surface area contributed by atoms with Crippen LogP contribution in [0.15, 0.2) is 38.6 Å². The van der Waals surface area contributed by atoms with Gasteiger partial charge in [0.2, 0.25) is 0 Å². The summed E-state index contributed by atoms with van der Waals surface area (Å²) in [6, 6.07) is 11.6. The Hall–Kier alpha value is -0.160. The van der Waals surface area contributed by atoms with Gasteiger partial charge in [-0.05, 0) is 68.3 Å². The summed E-state index contributed by atoms with van der Waals surface area (Å²) in [6.45, 7) is 0.960. The smallest absolute Gasteiger partial charge is 0.0843 e. The van der Waals surface area contributed by atoms with E-state index in [2.05, 4.69) is 67.5 Å². The van der Waals surface area contributed by atoms with Gasteiger partial charge < -0.3 is 5.32 Å². The van der Waals surface area contributed by atoms with Crippen LogP contribution >= 0.6 is 43.2 Å². The lowest BCUT2D eigenvalue weighted by Crippen LogP contribution is -2.33. The lowest BCUT2D eigenvalue weighted by Gasteiger charge is -2.25. The molecule has 0 aliphatic heterocycles. The molecule has 0 saturated carbocycles. The zero-order valence-corrected chi connectivity index (χ0v) is 14.4. The van der Waals surface area contributed by atoms with Crippen LogP contribution in [0, 0.1) is 0 Å². The molecule has 1 aliphatic carbocycles. The van der Waals surface area contributed by atoms with Gasteiger partial charge in [-0.3, -0.25) is 0 Å². The summed E-state index contributed by atoms with van der Waals surface area (Å²) in [7, 11) is 0. The molecule has 0 amide bonds. The van der Waals surface area contributed by atoms with E-state index < -0.39 is 0 Å². The third-order valence-corrected chi connectivity index (χ3v) is 6.86. The predicted molar refractivity (Wildman–Crippen MR) is 88.8 cm³/mol. The van der Waals surface area contributed by atoms with Crippen LogP contribution in [0.25, 0.3) is 0 Å². The molecule has 1 atom stereocenters.